The van der Waals surface area contributed by atoms with Crippen LogP contribution in [0.4, 0.5) is 0 Å². The number of unbranched alkanes of at least 4 members (excludes halogenated alkanes) is 1. The van der Waals surface area contributed by atoms with Crippen molar-refractivity contribution < 1.29 is 4.42 Å². The van der Waals surface area contributed by atoms with Gasteiger partial charge in [-0.15, -0.1) is 0 Å². The summed E-state index contributed by atoms with van der Waals surface area (Å²) in [4.78, 5) is 6.62. The predicted molar refractivity (Wildman–Crippen MR) is 86.3 cm³/mol. The highest BCUT2D eigenvalue weighted by atomic mass is 16.4. The molecule has 0 atom stereocenters. The van der Waals surface area contributed by atoms with Gasteiger partial charge in [-0.05, 0) is 38.4 Å². The molecule has 2 aromatic rings. The van der Waals surface area contributed by atoms with E-state index in [1.807, 2.05) is 6.20 Å². The summed E-state index contributed by atoms with van der Waals surface area (Å²) in [6.07, 6.45) is 5.43. The maximum Gasteiger partial charge on any atom is 0.208 e. The van der Waals surface area contributed by atoms with E-state index in [1.54, 1.807) is 0 Å². The first-order chi connectivity index (χ1) is 10.1. The van der Waals surface area contributed by atoms with Crippen molar-refractivity contribution in [1.82, 2.24) is 9.88 Å². The zero-order valence-corrected chi connectivity index (χ0v) is 13.4. The average Bonchev–Trinajstić information content (AvgIpc) is 2.93. The Hall–Kier alpha value is -1.61. The van der Waals surface area contributed by atoms with Crippen LogP contribution < -0.4 is 0 Å². The van der Waals surface area contributed by atoms with E-state index in [4.69, 9.17) is 4.42 Å². The highest BCUT2D eigenvalue weighted by Crippen LogP contribution is 2.16. The molecule has 0 N–H and O–H groups in total. The van der Waals surface area contributed by atoms with Crippen LogP contribution in [0.2, 0.25) is 0 Å². The van der Waals surface area contributed by atoms with Gasteiger partial charge in [0.05, 0.1) is 12.7 Å². The van der Waals surface area contributed by atoms with Crippen molar-refractivity contribution in [3.63, 3.8) is 0 Å². The second kappa shape index (κ2) is 7.99. The van der Waals surface area contributed by atoms with E-state index >= 15 is 0 Å². The van der Waals surface area contributed by atoms with Crippen LogP contribution in [0.1, 0.15) is 49.8 Å². The lowest BCUT2D eigenvalue weighted by Crippen LogP contribution is -2.19. The Bertz CT molecular complexity index is 519. The van der Waals surface area contributed by atoms with E-state index in [0.717, 1.165) is 31.2 Å². The quantitative estimate of drug-likeness (QED) is 0.679. The van der Waals surface area contributed by atoms with Crippen molar-refractivity contribution in [2.24, 2.45) is 0 Å². The van der Waals surface area contributed by atoms with Crippen LogP contribution in [-0.2, 0) is 13.0 Å². The van der Waals surface area contributed by atoms with Gasteiger partial charge in [0.15, 0.2) is 0 Å². The maximum absolute atomic E-state index is 5.74. The van der Waals surface area contributed by atoms with E-state index in [9.17, 15) is 0 Å². The van der Waals surface area contributed by atoms with Crippen LogP contribution in [0.5, 0.6) is 0 Å². The van der Waals surface area contributed by atoms with Crippen molar-refractivity contribution >= 4 is 0 Å². The summed E-state index contributed by atoms with van der Waals surface area (Å²) in [6, 6.07) is 10.7. The highest BCUT2D eigenvalue weighted by molar-refractivity contribution is 5.14. The summed E-state index contributed by atoms with van der Waals surface area (Å²) in [6.45, 7) is 6.11. The first-order valence-corrected chi connectivity index (χ1v) is 7.82. The summed E-state index contributed by atoms with van der Waals surface area (Å²) in [7, 11) is 2.13. The molecule has 1 aromatic carbocycles. The van der Waals surface area contributed by atoms with Gasteiger partial charge in [-0.2, -0.15) is 0 Å². The lowest BCUT2D eigenvalue weighted by molar-refractivity contribution is 0.277. The summed E-state index contributed by atoms with van der Waals surface area (Å²) >= 11 is 0. The fraction of sp³-hybridized carbons (Fsp3) is 0.500. The molecule has 0 saturated heterocycles. The Morgan fingerprint density at radius 2 is 1.90 bits per heavy atom. The molecule has 0 fully saturated rings. The molecule has 0 saturated carbocycles. The standard InChI is InChI=1S/C18H26N2O/c1-15(2)17-13-19-18(21-17)14-20(3)12-8-7-11-16-9-5-4-6-10-16/h4-6,9-10,13,15H,7-8,11-12,14H2,1-3H3. The van der Waals surface area contributed by atoms with Gasteiger partial charge in [-0.3, -0.25) is 4.90 Å². The summed E-state index contributed by atoms with van der Waals surface area (Å²) in [5, 5.41) is 0. The Morgan fingerprint density at radius 3 is 2.57 bits per heavy atom. The minimum absolute atomic E-state index is 0.405. The van der Waals surface area contributed by atoms with Crippen molar-refractivity contribution in [1.29, 1.82) is 0 Å². The fourth-order valence-electron chi connectivity index (χ4n) is 2.33. The lowest BCUT2D eigenvalue weighted by Gasteiger charge is -2.14. The third kappa shape index (κ3) is 5.35. The second-order valence-electron chi connectivity index (χ2n) is 5.99. The van der Waals surface area contributed by atoms with Crippen LogP contribution in [0.25, 0.3) is 0 Å². The largest absolute Gasteiger partial charge is 0.444 e. The zero-order valence-electron chi connectivity index (χ0n) is 13.4. The number of oxazole rings is 1. The van der Waals surface area contributed by atoms with Gasteiger partial charge >= 0.3 is 0 Å². The average molecular weight is 286 g/mol. The second-order valence-corrected chi connectivity index (χ2v) is 5.99. The van der Waals surface area contributed by atoms with Crippen molar-refractivity contribution in [2.45, 2.75) is 45.6 Å². The molecule has 0 radical (unpaired) electrons. The van der Waals surface area contributed by atoms with Crippen LogP contribution in [0, 0.1) is 0 Å². The molecule has 0 unspecified atom stereocenters. The van der Waals surface area contributed by atoms with Gasteiger partial charge in [-0.1, -0.05) is 44.2 Å². The summed E-state index contributed by atoms with van der Waals surface area (Å²) < 4.78 is 5.74. The minimum Gasteiger partial charge on any atom is -0.444 e. The van der Waals surface area contributed by atoms with E-state index in [-0.39, 0.29) is 0 Å². The van der Waals surface area contributed by atoms with Crippen LogP contribution in [0.3, 0.4) is 0 Å². The summed E-state index contributed by atoms with van der Waals surface area (Å²) in [5.41, 5.74) is 1.43. The number of hydrogen-bond donors (Lipinski definition) is 0. The van der Waals surface area contributed by atoms with E-state index in [2.05, 4.69) is 61.1 Å². The topological polar surface area (TPSA) is 29.3 Å². The molecular weight excluding hydrogens is 260 g/mol. The molecule has 114 valence electrons. The molecule has 21 heavy (non-hydrogen) atoms. The van der Waals surface area contributed by atoms with E-state index in [0.29, 0.717) is 5.92 Å². The Balaban J connectivity index is 1.66. The monoisotopic (exact) mass is 286 g/mol. The van der Waals surface area contributed by atoms with Gasteiger partial charge in [-0.25, -0.2) is 4.98 Å². The van der Waals surface area contributed by atoms with Crippen LogP contribution in [0.15, 0.2) is 40.9 Å². The minimum atomic E-state index is 0.405. The van der Waals surface area contributed by atoms with Crippen molar-refractivity contribution in [2.75, 3.05) is 13.6 Å². The molecule has 0 aliphatic heterocycles. The zero-order chi connectivity index (χ0) is 15.1. The van der Waals surface area contributed by atoms with E-state index < -0.39 is 0 Å². The summed E-state index contributed by atoms with van der Waals surface area (Å²) in [5.74, 6) is 2.20. The Kier molecular flexibility index (Phi) is 6.00. The molecule has 0 aliphatic rings. The molecule has 1 aromatic heterocycles. The molecule has 3 nitrogen and oxygen atoms in total. The smallest absolute Gasteiger partial charge is 0.208 e. The van der Waals surface area contributed by atoms with Crippen LogP contribution >= 0.6 is 0 Å². The normalized spacial score (nSPS) is 11.5. The number of benzene rings is 1. The van der Waals surface area contributed by atoms with Gasteiger partial charge in [0.2, 0.25) is 5.89 Å². The number of aromatic nitrogens is 1. The molecule has 1 heterocycles. The van der Waals surface area contributed by atoms with Crippen molar-refractivity contribution in [3.05, 3.63) is 53.7 Å². The lowest BCUT2D eigenvalue weighted by atomic mass is 10.1. The molecule has 0 amide bonds. The van der Waals surface area contributed by atoms with Gasteiger partial charge in [0.25, 0.3) is 0 Å². The van der Waals surface area contributed by atoms with E-state index in [1.165, 1.54) is 18.4 Å². The van der Waals surface area contributed by atoms with Gasteiger partial charge < -0.3 is 4.42 Å². The van der Waals surface area contributed by atoms with Gasteiger partial charge in [0.1, 0.15) is 5.76 Å². The maximum atomic E-state index is 5.74. The number of hydrogen-bond acceptors (Lipinski definition) is 3. The molecule has 2 rings (SSSR count). The molecule has 0 spiro atoms. The number of rotatable bonds is 8. The fourth-order valence-corrected chi connectivity index (χ4v) is 2.33. The SMILES string of the molecule is CC(C)c1cnc(CN(C)CCCCc2ccccc2)o1. The molecule has 0 bridgehead atoms. The van der Waals surface area contributed by atoms with Crippen molar-refractivity contribution in [3.8, 4) is 0 Å². The molecular formula is C18H26N2O. The first kappa shape index (κ1) is 15.8. The highest BCUT2D eigenvalue weighted by Gasteiger charge is 2.09. The predicted octanol–water partition coefficient (Wildman–Crippen LogP) is 4.25. The number of aryl methyl sites for hydroxylation is 1. The third-order valence-corrected chi connectivity index (χ3v) is 3.64. The molecule has 3 heteroatoms. The Labute approximate surface area is 128 Å². The van der Waals surface area contributed by atoms with Crippen LogP contribution in [-0.4, -0.2) is 23.5 Å². The Morgan fingerprint density at radius 1 is 1.14 bits per heavy atom. The van der Waals surface area contributed by atoms with Gasteiger partial charge in [0, 0.05) is 5.92 Å². The molecule has 0 aliphatic carbocycles. The third-order valence-electron chi connectivity index (χ3n) is 3.64. The first-order valence-electron chi connectivity index (χ1n) is 7.82. The number of nitrogens with zero attached hydrogens (tertiary/aromatic N) is 2.